The monoisotopic (exact) mass is 514 g/mol. The van der Waals surface area contributed by atoms with Crippen molar-refractivity contribution in [3.8, 4) is 33.4 Å². The molecule has 0 bridgehead atoms. The Balaban J connectivity index is 1.31. The van der Waals surface area contributed by atoms with Crippen LogP contribution in [0.1, 0.15) is 11.1 Å². The highest BCUT2D eigenvalue weighted by Crippen LogP contribution is 2.41. The van der Waals surface area contributed by atoms with Crippen molar-refractivity contribution in [2.24, 2.45) is 0 Å². The summed E-state index contributed by atoms with van der Waals surface area (Å²) in [6.45, 7) is 4.27. The van der Waals surface area contributed by atoms with Crippen LogP contribution in [0, 0.1) is 13.8 Å². The molecule has 0 aliphatic heterocycles. The maximum atomic E-state index is 6.38. The van der Waals surface area contributed by atoms with Gasteiger partial charge in [-0.25, -0.2) is 0 Å². The second-order valence-electron chi connectivity index (χ2n) is 10.8. The molecule has 0 fully saturated rings. The summed E-state index contributed by atoms with van der Waals surface area (Å²) < 4.78 is 12.8. The number of para-hydroxylation sites is 1. The topological polar surface area (TPSA) is 26.3 Å². The summed E-state index contributed by atoms with van der Waals surface area (Å²) in [5.41, 5.74) is 13.0. The minimum atomic E-state index is 0.885. The van der Waals surface area contributed by atoms with E-state index in [1.165, 1.54) is 33.4 Å². The van der Waals surface area contributed by atoms with Crippen molar-refractivity contribution in [1.82, 2.24) is 0 Å². The Labute approximate surface area is 232 Å². The van der Waals surface area contributed by atoms with Crippen molar-refractivity contribution in [3.05, 3.63) is 132 Å². The third kappa shape index (κ3) is 3.65. The summed E-state index contributed by atoms with van der Waals surface area (Å²) in [5, 5.41) is 4.54. The number of hydrogen-bond donors (Lipinski definition) is 0. The molecule has 0 amide bonds. The quantitative estimate of drug-likeness (QED) is 0.234. The normalized spacial score (nSPS) is 11.8. The van der Waals surface area contributed by atoms with Crippen molar-refractivity contribution in [1.29, 1.82) is 0 Å². The lowest BCUT2D eigenvalue weighted by Gasteiger charge is -2.09. The smallest absolute Gasteiger partial charge is 0.136 e. The van der Waals surface area contributed by atoms with Gasteiger partial charge in [-0.05, 0) is 89.7 Å². The first-order valence-electron chi connectivity index (χ1n) is 13.7. The van der Waals surface area contributed by atoms with Crippen LogP contribution in [0.15, 0.2) is 130 Å². The van der Waals surface area contributed by atoms with E-state index in [1.807, 2.05) is 12.1 Å². The Kier molecular flexibility index (Phi) is 4.99. The summed E-state index contributed by atoms with van der Waals surface area (Å²) in [5.74, 6) is 0. The molecule has 0 saturated carbocycles. The molecular formula is C38H26O2. The van der Waals surface area contributed by atoms with E-state index in [4.69, 9.17) is 8.83 Å². The van der Waals surface area contributed by atoms with Crippen molar-refractivity contribution in [2.45, 2.75) is 13.8 Å². The lowest BCUT2D eigenvalue weighted by atomic mass is 9.93. The van der Waals surface area contributed by atoms with Crippen LogP contribution in [0.2, 0.25) is 0 Å². The minimum absolute atomic E-state index is 0.885. The fourth-order valence-corrected chi connectivity index (χ4v) is 6.02. The predicted octanol–water partition coefficient (Wildman–Crippen LogP) is 11.1. The first-order chi connectivity index (χ1) is 19.6. The average Bonchev–Trinajstić information content (AvgIpc) is 3.54. The van der Waals surface area contributed by atoms with Crippen LogP contribution >= 0.6 is 0 Å². The van der Waals surface area contributed by atoms with E-state index in [2.05, 4.69) is 123 Å². The first-order valence-corrected chi connectivity index (χ1v) is 13.7. The van der Waals surface area contributed by atoms with Crippen molar-refractivity contribution in [3.63, 3.8) is 0 Å². The van der Waals surface area contributed by atoms with Crippen LogP contribution in [0.25, 0.3) is 77.3 Å². The number of furan rings is 2. The molecule has 2 aromatic heterocycles. The highest BCUT2D eigenvalue weighted by molar-refractivity contribution is 6.14. The SMILES string of the molecule is Cc1cccc(-c2ccc3oc4cc(-c5cc(-c6cccc(C)c6)c6c(c5)oc5ccccc56)ccc4c3c2)c1. The van der Waals surface area contributed by atoms with Gasteiger partial charge in [0, 0.05) is 21.5 Å². The largest absolute Gasteiger partial charge is 0.456 e. The lowest BCUT2D eigenvalue weighted by molar-refractivity contribution is 0.668. The zero-order valence-corrected chi connectivity index (χ0v) is 22.4. The molecule has 190 valence electrons. The summed E-state index contributed by atoms with van der Waals surface area (Å²) in [4.78, 5) is 0. The Morgan fingerprint density at radius 1 is 0.375 bits per heavy atom. The summed E-state index contributed by atoms with van der Waals surface area (Å²) in [6, 6.07) is 43.1. The van der Waals surface area contributed by atoms with Gasteiger partial charge in [-0.3, -0.25) is 0 Å². The molecule has 0 saturated heterocycles. The van der Waals surface area contributed by atoms with Gasteiger partial charge < -0.3 is 8.83 Å². The second kappa shape index (κ2) is 8.72. The summed E-state index contributed by atoms with van der Waals surface area (Å²) in [7, 11) is 0. The van der Waals surface area contributed by atoms with Gasteiger partial charge in [0.15, 0.2) is 0 Å². The predicted molar refractivity (Wildman–Crippen MR) is 167 cm³/mol. The van der Waals surface area contributed by atoms with Crippen LogP contribution in [-0.4, -0.2) is 0 Å². The highest BCUT2D eigenvalue weighted by atomic mass is 16.3. The standard InChI is InChI=1S/C38H26O2/c1-23-7-5-9-25(17-23)26-14-16-35-33(19-26)30-15-13-27(21-36(30)39-35)29-20-32(28-10-6-8-24(2)18-28)38-31-11-3-4-12-34(31)40-37(38)22-29/h3-22H,1-2H3. The van der Waals surface area contributed by atoms with Crippen molar-refractivity contribution in [2.75, 3.05) is 0 Å². The van der Waals surface area contributed by atoms with Crippen LogP contribution in [-0.2, 0) is 0 Å². The number of rotatable bonds is 3. The lowest BCUT2D eigenvalue weighted by Crippen LogP contribution is -1.85. The third-order valence-electron chi connectivity index (χ3n) is 7.96. The molecule has 2 heteroatoms. The van der Waals surface area contributed by atoms with Gasteiger partial charge in [-0.2, -0.15) is 0 Å². The Morgan fingerprint density at radius 3 is 1.88 bits per heavy atom. The van der Waals surface area contributed by atoms with E-state index in [0.29, 0.717) is 0 Å². The van der Waals surface area contributed by atoms with Gasteiger partial charge in [0.1, 0.15) is 22.3 Å². The fraction of sp³-hybridized carbons (Fsp3) is 0.0526. The van der Waals surface area contributed by atoms with E-state index in [0.717, 1.165) is 55.0 Å². The maximum absolute atomic E-state index is 6.38. The van der Waals surface area contributed by atoms with Gasteiger partial charge in [0.05, 0.1) is 0 Å². The van der Waals surface area contributed by atoms with Crippen LogP contribution in [0.5, 0.6) is 0 Å². The zero-order valence-electron chi connectivity index (χ0n) is 22.4. The molecule has 8 aromatic rings. The Morgan fingerprint density at radius 2 is 1.02 bits per heavy atom. The van der Waals surface area contributed by atoms with Gasteiger partial charge in [0.25, 0.3) is 0 Å². The molecule has 0 unspecified atom stereocenters. The Bertz CT molecular complexity index is 2240. The van der Waals surface area contributed by atoms with E-state index >= 15 is 0 Å². The fourth-order valence-electron chi connectivity index (χ4n) is 6.02. The third-order valence-corrected chi connectivity index (χ3v) is 7.96. The molecular weight excluding hydrogens is 488 g/mol. The molecule has 0 spiro atoms. The molecule has 0 aliphatic rings. The zero-order chi connectivity index (χ0) is 26.8. The molecule has 0 radical (unpaired) electrons. The molecule has 6 aromatic carbocycles. The molecule has 0 N–H and O–H groups in total. The van der Waals surface area contributed by atoms with E-state index in [1.54, 1.807) is 0 Å². The van der Waals surface area contributed by atoms with Crippen LogP contribution in [0.4, 0.5) is 0 Å². The molecule has 2 heterocycles. The first kappa shape index (κ1) is 22.9. The molecule has 2 nitrogen and oxygen atoms in total. The van der Waals surface area contributed by atoms with E-state index in [9.17, 15) is 0 Å². The Hall–Kier alpha value is -5.08. The summed E-state index contributed by atoms with van der Waals surface area (Å²) in [6.07, 6.45) is 0. The number of benzene rings is 6. The van der Waals surface area contributed by atoms with Crippen molar-refractivity contribution >= 4 is 43.9 Å². The van der Waals surface area contributed by atoms with E-state index < -0.39 is 0 Å². The molecule has 8 rings (SSSR count). The molecule has 40 heavy (non-hydrogen) atoms. The van der Waals surface area contributed by atoms with Crippen molar-refractivity contribution < 1.29 is 8.83 Å². The second-order valence-corrected chi connectivity index (χ2v) is 10.8. The van der Waals surface area contributed by atoms with Gasteiger partial charge in [0.2, 0.25) is 0 Å². The van der Waals surface area contributed by atoms with E-state index in [-0.39, 0.29) is 0 Å². The number of aryl methyl sites for hydroxylation is 2. The molecule has 0 atom stereocenters. The molecule has 0 aliphatic carbocycles. The van der Waals surface area contributed by atoms with Crippen LogP contribution < -0.4 is 0 Å². The minimum Gasteiger partial charge on any atom is -0.456 e. The van der Waals surface area contributed by atoms with Gasteiger partial charge >= 0.3 is 0 Å². The average molecular weight is 515 g/mol. The van der Waals surface area contributed by atoms with Gasteiger partial charge in [-0.1, -0.05) is 90.0 Å². The number of fused-ring (bicyclic) bond motifs is 6. The summed E-state index contributed by atoms with van der Waals surface area (Å²) >= 11 is 0. The maximum Gasteiger partial charge on any atom is 0.136 e. The van der Waals surface area contributed by atoms with Crippen LogP contribution in [0.3, 0.4) is 0 Å². The number of hydrogen-bond acceptors (Lipinski definition) is 2. The van der Waals surface area contributed by atoms with Gasteiger partial charge in [-0.15, -0.1) is 0 Å². The highest BCUT2D eigenvalue weighted by Gasteiger charge is 2.16.